The fourth-order valence-electron chi connectivity index (χ4n) is 2.66. The van der Waals surface area contributed by atoms with Crippen LogP contribution < -0.4 is 5.32 Å². The van der Waals surface area contributed by atoms with E-state index < -0.39 is 18.2 Å². The number of hydrogen-bond acceptors (Lipinski definition) is 3. The molecule has 8 heteroatoms. The highest BCUT2D eigenvalue weighted by Crippen LogP contribution is 2.26. The Morgan fingerprint density at radius 1 is 1.32 bits per heavy atom. The van der Waals surface area contributed by atoms with Crippen LogP contribution in [-0.2, 0) is 16.1 Å². The number of amides is 3. The molecular weight excluding hydrogens is 329 g/mol. The van der Waals surface area contributed by atoms with Crippen LogP contribution in [0.15, 0.2) is 30.3 Å². The molecule has 1 aromatic rings. The van der Waals surface area contributed by atoms with Crippen LogP contribution in [-0.4, -0.2) is 65.2 Å². The summed E-state index contributed by atoms with van der Waals surface area (Å²) >= 11 is 0. The van der Waals surface area contributed by atoms with Gasteiger partial charge < -0.3 is 20.2 Å². The van der Waals surface area contributed by atoms with Crippen molar-refractivity contribution in [2.75, 3.05) is 26.7 Å². The lowest BCUT2D eigenvalue weighted by atomic mass is 10.1. The quantitative estimate of drug-likeness (QED) is 0.807. The molecule has 2 N–H and O–H groups in total. The largest absolute Gasteiger partial charge is 0.479 e. The third-order valence-electron chi connectivity index (χ3n) is 4.18. The van der Waals surface area contributed by atoms with Crippen LogP contribution in [0.3, 0.4) is 0 Å². The Balaban J connectivity index is 1.72. The predicted molar refractivity (Wildman–Crippen MR) is 88.6 cm³/mol. The number of aliphatic carboxylic acids is 1. The first-order valence-corrected chi connectivity index (χ1v) is 8.05. The number of carbonyl (C=O) groups is 3. The standard InChI is InChI=1S/C17H22FN3O4/c1-20(11-13-5-3-2-4-6-13)16(25)19-9-7-14(22)21-10-8-17(18,12-21)15(23)24/h2-6H,7-12H2,1H3,(H,19,25)(H,23,24). The molecular formula is C17H22FN3O4. The van der Waals surface area contributed by atoms with Gasteiger partial charge in [-0.25, -0.2) is 14.0 Å². The van der Waals surface area contributed by atoms with Crippen LogP contribution in [0.4, 0.5) is 9.18 Å². The summed E-state index contributed by atoms with van der Waals surface area (Å²) in [6.45, 7) is 0.182. The third kappa shape index (κ3) is 4.91. The number of alkyl halides is 1. The van der Waals surface area contributed by atoms with Gasteiger partial charge in [-0.15, -0.1) is 0 Å². The molecule has 0 bridgehead atoms. The highest BCUT2D eigenvalue weighted by Gasteiger charge is 2.46. The number of carboxylic acid groups (broad SMARTS) is 1. The summed E-state index contributed by atoms with van der Waals surface area (Å²) in [5.41, 5.74) is -1.38. The number of carbonyl (C=O) groups excluding carboxylic acids is 2. The summed E-state index contributed by atoms with van der Waals surface area (Å²) in [5, 5.41) is 11.5. The first kappa shape index (κ1) is 18.7. The first-order chi connectivity index (χ1) is 11.8. The minimum Gasteiger partial charge on any atom is -0.479 e. The van der Waals surface area contributed by atoms with Crippen molar-refractivity contribution >= 4 is 17.9 Å². The summed E-state index contributed by atoms with van der Waals surface area (Å²) in [4.78, 5) is 37.5. The molecule has 1 fully saturated rings. The van der Waals surface area contributed by atoms with Crippen LogP contribution in [0.2, 0.25) is 0 Å². The summed E-state index contributed by atoms with van der Waals surface area (Å²) in [6, 6.07) is 9.17. The Labute approximate surface area is 145 Å². The van der Waals surface area contributed by atoms with Crippen molar-refractivity contribution in [1.82, 2.24) is 15.1 Å². The second kappa shape index (κ2) is 7.96. The van der Waals surface area contributed by atoms with Crippen LogP contribution in [0.1, 0.15) is 18.4 Å². The number of nitrogens with zero attached hydrogens (tertiary/aromatic N) is 2. The van der Waals surface area contributed by atoms with Crippen molar-refractivity contribution in [3.63, 3.8) is 0 Å². The van der Waals surface area contributed by atoms with Crippen LogP contribution in [0.25, 0.3) is 0 Å². The number of carboxylic acids is 1. The number of likely N-dealkylation sites (tertiary alicyclic amines) is 1. The van der Waals surface area contributed by atoms with Gasteiger partial charge in [0.15, 0.2) is 0 Å². The number of nitrogens with one attached hydrogen (secondary N) is 1. The molecule has 0 radical (unpaired) electrons. The van der Waals surface area contributed by atoms with Gasteiger partial charge in [-0.3, -0.25) is 4.79 Å². The van der Waals surface area contributed by atoms with Gasteiger partial charge in [0.05, 0.1) is 6.54 Å². The fourth-order valence-corrected chi connectivity index (χ4v) is 2.66. The van der Waals surface area contributed by atoms with Gasteiger partial charge >= 0.3 is 12.0 Å². The van der Waals surface area contributed by atoms with Crippen LogP contribution in [0, 0.1) is 0 Å². The normalized spacial score (nSPS) is 19.5. The molecule has 1 aliphatic rings. The highest BCUT2D eigenvalue weighted by atomic mass is 19.1. The fraction of sp³-hybridized carbons (Fsp3) is 0.471. The molecule has 0 saturated carbocycles. The van der Waals surface area contributed by atoms with E-state index in [4.69, 9.17) is 5.11 Å². The van der Waals surface area contributed by atoms with Crippen molar-refractivity contribution in [2.24, 2.45) is 0 Å². The summed E-state index contributed by atoms with van der Waals surface area (Å²) in [5.74, 6) is -1.91. The topological polar surface area (TPSA) is 90.0 Å². The number of benzene rings is 1. The number of rotatable bonds is 6. The predicted octanol–water partition coefficient (Wildman–Crippen LogP) is 1.24. The second-order valence-electron chi connectivity index (χ2n) is 6.16. The molecule has 0 aliphatic carbocycles. The van der Waals surface area contributed by atoms with Gasteiger partial charge in [-0.2, -0.15) is 0 Å². The average Bonchev–Trinajstić information content (AvgIpc) is 2.99. The molecule has 7 nitrogen and oxygen atoms in total. The van der Waals surface area contributed by atoms with E-state index in [1.54, 1.807) is 7.05 Å². The number of hydrogen-bond donors (Lipinski definition) is 2. The number of urea groups is 1. The molecule has 1 atom stereocenters. The maximum absolute atomic E-state index is 13.9. The Hall–Kier alpha value is -2.64. The summed E-state index contributed by atoms with van der Waals surface area (Å²) in [7, 11) is 1.65. The SMILES string of the molecule is CN(Cc1ccccc1)C(=O)NCCC(=O)N1CCC(F)(C(=O)O)C1. The van der Waals surface area contributed by atoms with Gasteiger partial charge in [0, 0.05) is 39.5 Å². The lowest BCUT2D eigenvalue weighted by Gasteiger charge is -2.20. The zero-order valence-corrected chi connectivity index (χ0v) is 14.1. The average molecular weight is 351 g/mol. The van der Waals surface area contributed by atoms with E-state index in [2.05, 4.69) is 5.32 Å². The molecule has 1 unspecified atom stereocenters. The van der Waals surface area contributed by atoms with Crippen LogP contribution in [0.5, 0.6) is 0 Å². The smallest absolute Gasteiger partial charge is 0.343 e. The Morgan fingerprint density at radius 3 is 2.60 bits per heavy atom. The second-order valence-corrected chi connectivity index (χ2v) is 6.16. The molecule has 25 heavy (non-hydrogen) atoms. The van der Waals surface area contributed by atoms with Crippen molar-refractivity contribution in [1.29, 1.82) is 0 Å². The van der Waals surface area contributed by atoms with E-state index >= 15 is 0 Å². The molecule has 136 valence electrons. The zero-order chi connectivity index (χ0) is 18.4. The minimum absolute atomic E-state index is 0.000611. The maximum atomic E-state index is 13.9. The Bertz CT molecular complexity index is 640. The highest BCUT2D eigenvalue weighted by molar-refractivity contribution is 5.82. The van der Waals surface area contributed by atoms with Gasteiger partial charge in [0.25, 0.3) is 0 Å². The molecule has 1 saturated heterocycles. The minimum atomic E-state index is -2.37. The van der Waals surface area contributed by atoms with Gasteiger partial charge in [0.1, 0.15) is 0 Å². The molecule has 0 aromatic heterocycles. The van der Waals surface area contributed by atoms with Gasteiger partial charge in [-0.05, 0) is 5.56 Å². The summed E-state index contributed by atoms with van der Waals surface area (Å²) in [6.07, 6.45) is -0.207. The van der Waals surface area contributed by atoms with E-state index in [9.17, 15) is 18.8 Å². The Morgan fingerprint density at radius 2 is 2.00 bits per heavy atom. The summed E-state index contributed by atoms with van der Waals surface area (Å²) < 4.78 is 13.9. The third-order valence-corrected chi connectivity index (χ3v) is 4.18. The van der Waals surface area contributed by atoms with E-state index in [1.807, 2.05) is 30.3 Å². The molecule has 1 aliphatic heterocycles. The van der Waals surface area contributed by atoms with E-state index in [-0.39, 0.29) is 37.9 Å². The maximum Gasteiger partial charge on any atom is 0.343 e. The molecule has 0 spiro atoms. The van der Waals surface area contributed by atoms with E-state index in [0.29, 0.717) is 6.54 Å². The molecule has 1 aromatic carbocycles. The van der Waals surface area contributed by atoms with Crippen molar-refractivity contribution < 1.29 is 23.9 Å². The first-order valence-electron chi connectivity index (χ1n) is 8.05. The van der Waals surface area contributed by atoms with Gasteiger partial charge in [-0.1, -0.05) is 30.3 Å². The number of halogens is 1. The van der Waals surface area contributed by atoms with Crippen molar-refractivity contribution in [2.45, 2.75) is 25.1 Å². The lowest BCUT2D eigenvalue weighted by Crippen LogP contribution is -2.41. The molecule has 1 heterocycles. The molecule has 3 amide bonds. The Kier molecular flexibility index (Phi) is 5.95. The monoisotopic (exact) mass is 351 g/mol. The van der Waals surface area contributed by atoms with E-state index in [1.165, 1.54) is 9.80 Å². The molecule has 2 rings (SSSR count). The van der Waals surface area contributed by atoms with Gasteiger partial charge in [0.2, 0.25) is 11.6 Å². The lowest BCUT2D eigenvalue weighted by molar-refractivity contribution is -0.150. The van der Waals surface area contributed by atoms with Crippen molar-refractivity contribution in [3.8, 4) is 0 Å². The van der Waals surface area contributed by atoms with Crippen molar-refractivity contribution in [3.05, 3.63) is 35.9 Å². The van der Waals surface area contributed by atoms with E-state index in [0.717, 1.165) is 5.56 Å². The zero-order valence-electron chi connectivity index (χ0n) is 14.1. The van der Waals surface area contributed by atoms with Crippen LogP contribution >= 0.6 is 0 Å².